The van der Waals surface area contributed by atoms with Crippen LogP contribution in [-0.4, -0.2) is 21.9 Å². The third-order valence-electron chi connectivity index (χ3n) is 3.21. The quantitative estimate of drug-likeness (QED) is 0.716. The van der Waals surface area contributed by atoms with E-state index in [2.05, 4.69) is 34.4 Å². The Morgan fingerprint density at radius 3 is 2.52 bits per heavy atom. The second kappa shape index (κ2) is 6.61. The van der Waals surface area contributed by atoms with E-state index in [1.807, 2.05) is 42.7 Å². The molecule has 2 heterocycles. The number of aromatic nitrogens is 2. The summed E-state index contributed by atoms with van der Waals surface area (Å²) < 4.78 is 0. The zero-order valence-corrected chi connectivity index (χ0v) is 12.8. The van der Waals surface area contributed by atoms with Crippen LogP contribution in [0.15, 0.2) is 60.2 Å². The lowest BCUT2D eigenvalue weighted by molar-refractivity contribution is 0.316. The molecule has 0 aliphatic carbocycles. The summed E-state index contributed by atoms with van der Waals surface area (Å²) in [5.41, 5.74) is 3.58. The Labute approximate surface area is 128 Å². The lowest BCUT2D eigenvalue weighted by Gasteiger charge is -2.14. The number of rotatable bonds is 5. The zero-order chi connectivity index (χ0) is 14.5. The van der Waals surface area contributed by atoms with Gasteiger partial charge in [0.05, 0.1) is 5.69 Å². The average molecular weight is 295 g/mol. The fourth-order valence-electron chi connectivity index (χ4n) is 2.23. The van der Waals surface area contributed by atoms with Gasteiger partial charge >= 0.3 is 0 Å². The van der Waals surface area contributed by atoms with Gasteiger partial charge in [-0.2, -0.15) is 0 Å². The first-order valence-electron chi connectivity index (χ1n) is 6.88. The van der Waals surface area contributed by atoms with Crippen LogP contribution in [0.5, 0.6) is 0 Å². The molecule has 0 spiro atoms. The largest absolute Gasteiger partial charge is 0.296 e. The second-order valence-electron chi connectivity index (χ2n) is 5.04. The fraction of sp³-hybridized carbons (Fsp3) is 0.176. The molecule has 0 aliphatic heterocycles. The van der Waals surface area contributed by atoms with Crippen LogP contribution in [-0.2, 0) is 13.1 Å². The Bertz CT molecular complexity index is 680. The molecule has 3 nitrogen and oxygen atoms in total. The third-order valence-corrected chi connectivity index (χ3v) is 4.15. The lowest BCUT2D eigenvalue weighted by Crippen LogP contribution is -2.17. The summed E-state index contributed by atoms with van der Waals surface area (Å²) in [4.78, 5) is 11.0. The monoisotopic (exact) mass is 295 g/mol. The van der Waals surface area contributed by atoms with Crippen molar-refractivity contribution in [1.29, 1.82) is 0 Å². The van der Waals surface area contributed by atoms with Crippen LogP contribution in [0, 0.1) is 0 Å². The highest BCUT2D eigenvalue weighted by molar-refractivity contribution is 7.13. The Morgan fingerprint density at radius 1 is 1.00 bits per heavy atom. The van der Waals surface area contributed by atoms with Gasteiger partial charge in [-0.3, -0.25) is 9.88 Å². The van der Waals surface area contributed by atoms with E-state index in [9.17, 15) is 0 Å². The first kappa shape index (κ1) is 13.9. The minimum absolute atomic E-state index is 0.853. The molecule has 0 fully saturated rings. The molecular formula is C17H17N3S. The van der Waals surface area contributed by atoms with E-state index in [0.29, 0.717) is 0 Å². The van der Waals surface area contributed by atoms with Gasteiger partial charge in [-0.15, -0.1) is 11.3 Å². The van der Waals surface area contributed by atoms with Gasteiger partial charge in [0, 0.05) is 36.4 Å². The number of nitrogens with zero attached hydrogens (tertiary/aromatic N) is 3. The van der Waals surface area contributed by atoms with Crippen molar-refractivity contribution in [2.45, 2.75) is 13.1 Å². The van der Waals surface area contributed by atoms with E-state index in [1.54, 1.807) is 11.3 Å². The molecule has 0 radical (unpaired) electrons. The highest BCUT2D eigenvalue weighted by atomic mass is 32.1. The van der Waals surface area contributed by atoms with E-state index >= 15 is 0 Å². The molecule has 21 heavy (non-hydrogen) atoms. The molecule has 0 unspecified atom stereocenters. The summed E-state index contributed by atoms with van der Waals surface area (Å²) in [6.07, 6.45) is 3.67. The molecule has 2 aromatic heterocycles. The molecule has 0 saturated carbocycles. The number of pyridine rings is 1. The van der Waals surface area contributed by atoms with E-state index in [0.717, 1.165) is 23.8 Å². The zero-order valence-electron chi connectivity index (χ0n) is 11.9. The lowest BCUT2D eigenvalue weighted by atomic mass is 10.2. The van der Waals surface area contributed by atoms with E-state index in [-0.39, 0.29) is 0 Å². The molecule has 3 rings (SSSR count). The van der Waals surface area contributed by atoms with Gasteiger partial charge in [0.1, 0.15) is 5.01 Å². The summed E-state index contributed by atoms with van der Waals surface area (Å²) in [6, 6.07) is 14.4. The molecule has 0 atom stereocenters. The molecule has 106 valence electrons. The number of hydrogen-bond donors (Lipinski definition) is 0. The molecule has 0 saturated heterocycles. The van der Waals surface area contributed by atoms with Gasteiger partial charge in [-0.1, -0.05) is 30.3 Å². The summed E-state index contributed by atoms with van der Waals surface area (Å²) in [6.45, 7) is 1.76. The smallest absolute Gasteiger partial charge is 0.123 e. The average Bonchev–Trinajstić information content (AvgIpc) is 2.97. The maximum atomic E-state index is 4.73. The third kappa shape index (κ3) is 3.74. The van der Waals surface area contributed by atoms with Crippen molar-refractivity contribution < 1.29 is 0 Å². The molecule has 0 amide bonds. The molecule has 3 aromatic rings. The minimum atomic E-state index is 0.853. The van der Waals surface area contributed by atoms with Gasteiger partial charge in [-0.25, -0.2) is 4.98 Å². The van der Waals surface area contributed by atoms with Gasteiger partial charge in [0.2, 0.25) is 0 Å². The summed E-state index contributed by atoms with van der Waals surface area (Å²) >= 11 is 1.70. The summed E-state index contributed by atoms with van der Waals surface area (Å²) in [5, 5.41) is 3.23. The highest BCUT2D eigenvalue weighted by Crippen LogP contribution is 2.23. The van der Waals surface area contributed by atoms with Gasteiger partial charge in [-0.05, 0) is 24.7 Å². The fourth-order valence-corrected chi connectivity index (χ4v) is 3.04. The van der Waals surface area contributed by atoms with Gasteiger partial charge in [0.15, 0.2) is 0 Å². The molecule has 0 N–H and O–H groups in total. The van der Waals surface area contributed by atoms with Crippen molar-refractivity contribution in [2.24, 2.45) is 0 Å². The van der Waals surface area contributed by atoms with Crippen molar-refractivity contribution in [2.75, 3.05) is 7.05 Å². The minimum Gasteiger partial charge on any atom is -0.296 e. The molecule has 0 bridgehead atoms. The van der Waals surface area contributed by atoms with Crippen LogP contribution >= 0.6 is 11.3 Å². The summed E-state index contributed by atoms with van der Waals surface area (Å²) in [5.74, 6) is 0. The number of thiazole rings is 1. The molecule has 1 aromatic carbocycles. The molecule has 4 heteroatoms. The Hall–Kier alpha value is -2.04. The standard InChI is InChI=1S/C17H17N3S/c1-20(11-14-7-9-18-10-8-14)12-16-13-21-17(19-16)15-5-3-2-4-6-15/h2-10,13H,11-12H2,1H3. The van der Waals surface area contributed by atoms with E-state index in [4.69, 9.17) is 4.98 Å². The van der Waals surface area contributed by atoms with Crippen LogP contribution in [0.1, 0.15) is 11.3 Å². The Balaban J connectivity index is 1.65. The highest BCUT2D eigenvalue weighted by Gasteiger charge is 2.07. The SMILES string of the molecule is CN(Cc1ccncc1)Cc1csc(-c2ccccc2)n1. The van der Waals surface area contributed by atoms with Crippen molar-refractivity contribution in [1.82, 2.24) is 14.9 Å². The van der Waals surface area contributed by atoms with Crippen molar-refractivity contribution in [3.8, 4) is 10.6 Å². The first-order valence-corrected chi connectivity index (χ1v) is 7.76. The van der Waals surface area contributed by atoms with Crippen molar-refractivity contribution in [3.63, 3.8) is 0 Å². The first-order chi connectivity index (χ1) is 10.3. The maximum Gasteiger partial charge on any atom is 0.123 e. The van der Waals surface area contributed by atoms with Crippen molar-refractivity contribution in [3.05, 3.63) is 71.5 Å². The summed E-state index contributed by atoms with van der Waals surface area (Å²) in [7, 11) is 2.11. The normalized spacial score (nSPS) is 11.0. The van der Waals surface area contributed by atoms with Crippen LogP contribution in [0.2, 0.25) is 0 Å². The predicted octanol–water partition coefficient (Wildman–Crippen LogP) is 3.84. The number of benzene rings is 1. The van der Waals surface area contributed by atoms with E-state index < -0.39 is 0 Å². The molecule has 0 aliphatic rings. The van der Waals surface area contributed by atoms with Crippen LogP contribution in [0.4, 0.5) is 0 Å². The Morgan fingerprint density at radius 2 is 1.76 bits per heavy atom. The van der Waals surface area contributed by atoms with E-state index in [1.165, 1.54) is 11.1 Å². The van der Waals surface area contributed by atoms with Crippen LogP contribution in [0.25, 0.3) is 10.6 Å². The van der Waals surface area contributed by atoms with Crippen LogP contribution in [0.3, 0.4) is 0 Å². The van der Waals surface area contributed by atoms with Crippen molar-refractivity contribution >= 4 is 11.3 Å². The van der Waals surface area contributed by atoms with Gasteiger partial charge in [0.25, 0.3) is 0 Å². The second-order valence-corrected chi connectivity index (χ2v) is 5.90. The maximum absolute atomic E-state index is 4.73. The predicted molar refractivity (Wildman–Crippen MR) is 87.0 cm³/mol. The topological polar surface area (TPSA) is 29.0 Å². The number of hydrogen-bond acceptors (Lipinski definition) is 4. The van der Waals surface area contributed by atoms with Crippen LogP contribution < -0.4 is 0 Å². The molecular weight excluding hydrogens is 278 g/mol. The Kier molecular flexibility index (Phi) is 4.38. The van der Waals surface area contributed by atoms with Gasteiger partial charge < -0.3 is 0 Å².